The number of thiocarbonyl (C=S) groups is 1. The van der Waals surface area contributed by atoms with Crippen molar-refractivity contribution < 1.29 is 9.53 Å². The van der Waals surface area contributed by atoms with Gasteiger partial charge in [0.15, 0.2) is 5.11 Å². The van der Waals surface area contributed by atoms with Gasteiger partial charge in [0.25, 0.3) is 0 Å². The first-order chi connectivity index (χ1) is 8.52. The van der Waals surface area contributed by atoms with Gasteiger partial charge in [-0.15, -0.1) is 11.3 Å². The monoisotopic (exact) mass is 282 g/mol. The highest BCUT2D eigenvalue weighted by atomic mass is 32.1. The molecule has 0 unspecified atom stereocenters. The average molecular weight is 282 g/mol. The molecule has 6 heteroatoms. The molecule has 2 heterocycles. The predicted molar refractivity (Wildman–Crippen MR) is 75.4 cm³/mol. The number of nitrogens with one attached hydrogen (secondary N) is 2. The standard InChI is InChI=1S/C12H14N2O2S2/c1-6-4-5-8(18-6)10-9(11(15)16-3)7(2)13-12(17)14-10/h4-5,10H,1-3H3,(H2,13,14,17)/t10-/m1/s1. The van der Waals surface area contributed by atoms with Crippen LogP contribution in [0.15, 0.2) is 23.4 Å². The molecule has 0 amide bonds. The third-order valence-corrected chi connectivity index (χ3v) is 4.01. The van der Waals surface area contributed by atoms with Crippen molar-refractivity contribution in [3.05, 3.63) is 33.2 Å². The smallest absolute Gasteiger partial charge is 0.337 e. The van der Waals surface area contributed by atoms with Gasteiger partial charge < -0.3 is 15.4 Å². The van der Waals surface area contributed by atoms with Crippen molar-refractivity contribution >= 4 is 34.6 Å². The van der Waals surface area contributed by atoms with Crippen molar-refractivity contribution in [1.82, 2.24) is 10.6 Å². The molecule has 0 saturated carbocycles. The number of esters is 1. The highest BCUT2D eigenvalue weighted by Gasteiger charge is 2.31. The minimum atomic E-state index is -0.342. The fraction of sp³-hybridized carbons (Fsp3) is 0.333. The maximum atomic E-state index is 11.9. The summed E-state index contributed by atoms with van der Waals surface area (Å²) in [6, 6.07) is 3.80. The molecule has 1 aliphatic heterocycles. The lowest BCUT2D eigenvalue weighted by molar-refractivity contribution is -0.136. The second kappa shape index (κ2) is 5.07. The molecule has 0 fully saturated rings. The van der Waals surface area contributed by atoms with Crippen LogP contribution in [-0.2, 0) is 9.53 Å². The van der Waals surface area contributed by atoms with E-state index in [1.807, 2.05) is 26.0 Å². The van der Waals surface area contributed by atoms with Crippen LogP contribution in [0.2, 0.25) is 0 Å². The zero-order valence-corrected chi connectivity index (χ0v) is 12.0. The Hall–Kier alpha value is -1.40. The Balaban J connectivity index is 2.45. The van der Waals surface area contributed by atoms with E-state index in [9.17, 15) is 4.79 Å². The third-order valence-electron chi connectivity index (χ3n) is 2.72. The van der Waals surface area contributed by atoms with Crippen molar-refractivity contribution in [3.63, 3.8) is 0 Å². The summed E-state index contributed by atoms with van der Waals surface area (Å²) in [4.78, 5) is 14.1. The fourth-order valence-electron chi connectivity index (χ4n) is 1.90. The van der Waals surface area contributed by atoms with Gasteiger partial charge in [0.2, 0.25) is 0 Å². The average Bonchev–Trinajstić information content (AvgIpc) is 2.74. The molecule has 2 N–H and O–H groups in total. The van der Waals surface area contributed by atoms with E-state index in [0.717, 1.165) is 10.6 Å². The number of rotatable bonds is 2. The van der Waals surface area contributed by atoms with Crippen LogP contribution in [0.25, 0.3) is 0 Å². The van der Waals surface area contributed by atoms with Gasteiger partial charge in [0, 0.05) is 15.5 Å². The number of methoxy groups -OCH3 is 1. The van der Waals surface area contributed by atoms with Crippen LogP contribution in [0.4, 0.5) is 0 Å². The van der Waals surface area contributed by atoms with E-state index in [4.69, 9.17) is 17.0 Å². The van der Waals surface area contributed by atoms with Gasteiger partial charge in [-0.25, -0.2) is 4.79 Å². The van der Waals surface area contributed by atoms with Gasteiger partial charge in [0.05, 0.1) is 18.7 Å². The Labute approximate surface area is 115 Å². The number of carbonyl (C=O) groups is 1. The van der Waals surface area contributed by atoms with Gasteiger partial charge in [-0.3, -0.25) is 0 Å². The summed E-state index contributed by atoms with van der Waals surface area (Å²) in [7, 11) is 1.38. The van der Waals surface area contributed by atoms with E-state index >= 15 is 0 Å². The van der Waals surface area contributed by atoms with Crippen LogP contribution in [-0.4, -0.2) is 18.2 Å². The normalized spacial score (nSPS) is 19.3. The number of hydrogen-bond acceptors (Lipinski definition) is 4. The van der Waals surface area contributed by atoms with Gasteiger partial charge in [-0.2, -0.15) is 0 Å². The maximum Gasteiger partial charge on any atom is 0.337 e. The number of allylic oxidation sites excluding steroid dienone is 1. The minimum absolute atomic E-state index is 0.232. The Morgan fingerprint density at radius 3 is 2.72 bits per heavy atom. The predicted octanol–water partition coefficient (Wildman–Crippen LogP) is 2.02. The topological polar surface area (TPSA) is 50.4 Å². The molecule has 1 atom stereocenters. The molecule has 18 heavy (non-hydrogen) atoms. The summed E-state index contributed by atoms with van der Waals surface area (Å²) in [6.07, 6.45) is 0. The Bertz CT molecular complexity index is 534. The van der Waals surface area contributed by atoms with Crippen molar-refractivity contribution in [2.24, 2.45) is 0 Å². The van der Waals surface area contributed by atoms with Gasteiger partial charge in [-0.1, -0.05) is 0 Å². The molecule has 0 saturated heterocycles. The molecular formula is C12H14N2O2S2. The summed E-state index contributed by atoms with van der Waals surface area (Å²) in [5.41, 5.74) is 1.31. The molecule has 96 valence electrons. The first-order valence-electron chi connectivity index (χ1n) is 5.46. The highest BCUT2D eigenvalue weighted by Crippen LogP contribution is 2.31. The lowest BCUT2D eigenvalue weighted by Crippen LogP contribution is -2.44. The van der Waals surface area contributed by atoms with Gasteiger partial charge >= 0.3 is 5.97 Å². The second-order valence-corrected chi connectivity index (χ2v) is 5.74. The van der Waals surface area contributed by atoms with Crippen molar-refractivity contribution in [2.45, 2.75) is 19.9 Å². The number of aryl methyl sites for hydroxylation is 1. The Kier molecular flexibility index (Phi) is 3.68. The van der Waals surface area contributed by atoms with Crippen LogP contribution in [0.3, 0.4) is 0 Å². The second-order valence-electron chi connectivity index (χ2n) is 4.01. The summed E-state index contributed by atoms with van der Waals surface area (Å²) in [5.74, 6) is -0.342. The molecule has 4 nitrogen and oxygen atoms in total. The van der Waals surface area contributed by atoms with E-state index in [-0.39, 0.29) is 12.0 Å². The largest absolute Gasteiger partial charge is 0.466 e. The van der Waals surface area contributed by atoms with Gasteiger partial charge in [0.1, 0.15) is 0 Å². The molecule has 1 aromatic heterocycles. The highest BCUT2D eigenvalue weighted by molar-refractivity contribution is 7.80. The van der Waals surface area contributed by atoms with Crippen LogP contribution in [0.1, 0.15) is 22.7 Å². The van der Waals surface area contributed by atoms with Gasteiger partial charge in [-0.05, 0) is 38.2 Å². The summed E-state index contributed by atoms with van der Waals surface area (Å²) >= 11 is 6.78. The zero-order valence-electron chi connectivity index (χ0n) is 10.4. The van der Waals surface area contributed by atoms with Crippen molar-refractivity contribution in [3.8, 4) is 0 Å². The lowest BCUT2D eigenvalue weighted by atomic mass is 10.0. The molecule has 2 rings (SSSR count). The lowest BCUT2D eigenvalue weighted by Gasteiger charge is -2.28. The van der Waals surface area contributed by atoms with E-state index in [2.05, 4.69) is 10.6 Å². The van der Waals surface area contributed by atoms with E-state index in [1.165, 1.54) is 12.0 Å². The molecule has 0 bridgehead atoms. The molecule has 0 spiro atoms. The quantitative estimate of drug-likeness (QED) is 0.642. The molecule has 0 aromatic carbocycles. The Morgan fingerprint density at radius 1 is 1.44 bits per heavy atom. The first kappa shape index (κ1) is 13.0. The molecule has 0 aliphatic carbocycles. The summed E-state index contributed by atoms with van der Waals surface area (Å²) < 4.78 is 4.84. The number of thiophene rings is 1. The van der Waals surface area contributed by atoms with E-state index in [1.54, 1.807) is 11.3 Å². The zero-order chi connectivity index (χ0) is 13.3. The minimum Gasteiger partial charge on any atom is -0.466 e. The van der Waals surface area contributed by atoms with Crippen LogP contribution in [0.5, 0.6) is 0 Å². The van der Waals surface area contributed by atoms with Crippen LogP contribution >= 0.6 is 23.6 Å². The molecule has 1 aromatic rings. The van der Waals surface area contributed by atoms with Crippen LogP contribution < -0.4 is 10.6 Å². The Morgan fingerprint density at radius 2 is 2.17 bits per heavy atom. The molecule has 0 radical (unpaired) electrons. The number of carbonyl (C=O) groups excluding carboxylic acids is 1. The fourth-order valence-corrected chi connectivity index (χ4v) is 3.11. The number of ether oxygens (including phenoxy) is 1. The third kappa shape index (κ3) is 2.39. The first-order valence-corrected chi connectivity index (χ1v) is 6.68. The SMILES string of the molecule is COC(=O)C1=C(C)NC(=S)N[C@@H]1c1ccc(C)s1. The van der Waals surface area contributed by atoms with Crippen molar-refractivity contribution in [1.29, 1.82) is 0 Å². The molecular weight excluding hydrogens is 268 g/mol. The van der Waals surface area contributed by atoms with Crippen LogP contribution in [0, 0.1) is 6.92 Å². The summed E-state index contributed by atoms with van der Waals surface area (Å²) in [6.45, 7) is 3.86. The van der Waals surface area contributed by atoms with Crippen molar-refractivity contribution in [2.75, 3.05) is 7.11 Å². The van der Waals surface area contributed by atoms with E-state index < -0.39 is 0 Å². The maximum absolute atomic E-state index is 11.9. The van der Waals surface area contributed by atoms with E-state index in [0.29, 0.717) is 10.7 Å². The summed E-state index contributed by atoms with van der Waals surface area (Å²) in [5, 5.41) is 6.59. The molecule has 1 aliphatic rings. The number of hydrogen-bond donors (Lipinski definition) is 2.